The van der Waals surface area contributed by atoms with Gasteiger partial charge in [-0.25, -0.2) is 0 Å². The molecule has 1 fully saturated rings. The molecular formula is C30H42N2O6. The van der Waals surface area contributed by atoms with Gasteiger partial charge in [-0.3, -0.25) is 9.69 Å². The summed E-state index contributed by atoms with van der Waals surface area (Å²) in [6.45, 7) is 14.1. The fourth-order valence-electron chi connectivity index (χ4n) is 5.25. The lowest BCUT2D eigenvalue weighted by atomic mass is 9.88. The SMILES string of the molecule is CCOc1ccc(C[C@@H]2c3cc(OCC)c(OCC)cc3CCN2C(=O)CN2CCOCC2)cc1OCC. The van der Waals surface area contributed by atoms with Crippen LogP contribution in [0.4, 0.5) is 0 Å². The number of fused-ring (bicyclic) bond motifs is 1. The van der Waals surface area contributed by atoms with Gasteiger partial charge >= 0.3 is 0 Å². The van der Waals surface area contributed by atoms with Gasteiger partial charge in [0.25, 0.3) is 0 Å². The summed E-state index contributed by atoms with van der Waals surface area (Å²) < 4.78 is 29.0. The van der Waals surface area contributed by atoms with Gasteiger partial charge in [0, 0.05) is 19.6 Å². The number of amides is 1. The van der Waals surface area contributed by atoms with Crippen molar-refractivity contribution in [1.82, 2.24) is 9.80 Å². The molecule has 2 aromatic carbocycles. The zero-order valence-corrected chi connectivity index (χ0v) is 23.3. The molecule has 1 saturated heterocycles. The lowest BCUT2D eigenvalue weighted by Crippen LogP contribution is -2.48. The molecule has 38 heavy (non-hydrogen) atoms. The largest absolute Gasteiger partial charge is 0.490 e. The summed E-state index contributed by atoms with van der Waals surface area (Å²) in [5, 5.41) is 0. The van der Waals surface area contributed by atoms with Crippen LogP contribution in [0.2, 0.25) is 0 Å². The number of carbonyl (C=O) groups excluding carboxylic acids is 1. The molecule has 0 spiro atoms. The third-order valence-electron chi connectivity index (χ3n) is 6.98. The van der Waals surface area contributed by atoms with Crippen LogP contribution >= 0.6 is 0 Å². The minimum absolute atomic E-state index is 0.130. The molecule has 8 heteroatoms. The van der Waals surface area contributed by atoms with Gasteiger partial charge in [0.1, 0.15) is 0 Å². The van der Waals surface area contributed by atoms with E-state index in [9.17, 15) is 4.79 Å². The number of morpholine rings is 1. The van der Waals surface area contributed by atoms with Crippen LogP contribution in [-0.4, -0.2) is 81.5 Å². The van der Waals surface area contributed by atoms with Crippen LogP contribution < -0.4 is 18.9 Å². The van der Waals surface area contributed by atoms with Crippen molar-refractivity contribution in [1.29, 1.82) is 0 Å². The van der Waals surface area contributed by atoms with E-state index in [2.05, 4.69) is 23.1 Å². The molecule has 2 aliphatic heterocycles. The zero-order valence-electron chi connectivity index (χ0n) is 23.3. The molecule has 0 aromatic heterocycles. The Labute approximate surface area is 226 Å². The number of benzene rings is 2. The van der Waals surface area contributed by atoms with Crippen LogP contribution in [0.25, 0.3) is 0 Å². The predicted molar refractivity (Wildman–Crippen MR) is 147 cm³/mol. The standard InChI is InChI=1S/C30H42N2O6/c1-5-35-26-10-9-22(18-27(26)36-6-2)17-25-24-20-29(38-8-4)28(37-7-3)19-23(24)11-12-32(25)30(33)21-31-13-15-34-16-14-31/h9-10,18-20,25H,5-8,11-17,21H2,1-4H3/t25-/m1/s1. The third-order valence-corrected chi connectivity index (χ3v) is 6.98. The lowest BCUT2D eigenvalue weighted by Gasteiger charge is -2.39. The summed E-state index contributed by atoms with van der Waals surface area (Å²) in [5.41, 5.74) is 3.41. The van der Waals surface area contributed by atoms with Crippen LogP contribution in [0.15, 0.2) is 30.3 Å². The normalized spacial score (nSPS) is 17.6. The highest BCUT2D eigenvalue weighted by atomic mass is 16.5. The molecular weight excluding hydrogens is 484 g/mol. The van der Waals surface area contributed by atoms with E-state index in [1.807, 2.05) is 44.7 Å². The van der Waals surface area contributed by atoms with Gasteiger partial charge in [-0.2, -0.15) is 0 Å². The van der Waals surface area contributed by atoms with Crippen molar-refractivity contribution >= 4 is 5.91 Å². The second kappa shape index (κ2) is 13.7. The molecule has 1 amide bonds. The van der Waals surface area contributed by atoms with Crippen molar-refractivity contribution in [2.45, 2.75) is 46.6 Å². The number of nitrogens with zero attached hydrogens (tertiary/aromatic N) is 2. The quantitative estimate of drug-likeness (QED) is 0.409. The van der Waals surface area contributed by atoms with Crippen LogP contribution in [0, 0.1) is 0 Å². The first-order valence-electron chi connectivity index (χ1n) is 14.0. The van der Waals surface area contributed by atoms with Gasteiger partial charge in [-0.15, -0.1) is 0 Å². The summed E-state index contributed by atoms with van der Waals surface area (Å²) in [5.74, 6) is 3.10. The number of hydrogen-bond acceptors (Lipinski definition) is 7. The van der Waals surface area contributed by atoms with Gasteiger partial charge in [0.15, 0.2) is 23.0 Å². The first kappa shape index (κ1) is 28.0. The number of carbonyl (C=O) groups is 1. The Hall–Kier alpha value is -2.97. The summed E-state index contributed by atoms with van der Waals surface area (Å²) in [6, 6.07) is 10.1. The van der Waals surface area contributed by atoms with Crippen molar-refractivity contribution in [3.8, 4) is 23.0 Å². The Morgan fingerprint density at radius 3 is 2.08 bits per heavy atom. The molecule has 4 rings (SSSR count). The minimum Gasteiger partial charge on any atom is -0.490 e. The molecule has 2 heterocycles. The average molecular weight is 527 g/mol. The Kier molecular flexibility index (Phi) is 10.1. The highest BCUT2D eigenvalue weighted by Gasteiger charge is 2.33. The predicted octanol–water partition coefficient (Wildman–Crippen LogP) is 4.28. The highest BCUT2D eigenvalue weighted by Crippen LogP contribution is 2.41. The molecule has 1 atom stereocenters. The van der Waals surface area contributed by atoms with Crippen molar-refractivity contribution < 1.29 is 28.5 Å². The van der Waals surface area contributed by atoms with Crippen molar-refractivity contribution in [2.75, 3.05) is 65.8 Å². The lowest BCUT2D eigenvalue weighted by molar-refractivity contribution is -0.136. The van der Waals surface area contributed by atoms with Gasteiger partial charge in [0.2, 0.25) is 5.91 Å². The van der Waals surface area contributed by atoms with E-state index in [-0.39, 0.29) is 11.9 Å². The first-order chi connectivity index (χ1) is 18.6. The van der Waals surface area contributed by atoms with Crippen molar-refractivity contribution in [3.63, 3.8) is 0 Å². The fraction of sp³-hybridized carbons (Fsp3) is 0.567. The zero-order chi connectivity index (χ0) is 26.9. The number of rotatable bonds is 12. The second-order valence-electron chi connectivity index (χ2n) is 9.46. The first-order valence-corrected chi connectivity index (χ1v) is 14.0. The van der Waals surface area contributed by atoms with E-state index in [0.29, 0.717) is 59.2 Å². The van der Waals surface area contributed by atoms with E-state index < -0.39 is 0 Å². The maximum absolute atomic E-state index is 13.7. The maximum Gasteiger partial charge on any atom is 0.237 e. The Bertz CT molecular complexity index is 1070. The monoisotopic (exact) mass is 526 g/mol. The molecule has 0 unspecified atom stereocenters. The van der Waals surface area contributed by atoms with E-state index in [0.717, 1.165) is 53.6 Å². The number of hydrogen-bond donors (Lipinski definition) is 0. The van der Waals surface area contributed by atoms with E-state index in [1.54, 1.807) is 0 Å². The summed E-state index contributed by atoms with van der Waals surface area (Å²) in [4.78, 5) is 17.9. The molecule has 2 aliphatic rings. The van der Waals surface area contributed by atoms with E-state index in [1.165, 1.54) is 5.56 Å². The molecule has 0 saturated carbocycles. The summed E-state index contributed by atoms with van der Waals surface area (Å²) in [6.07, 6.45) is 1.44. The second-order valence-corrected chi connectivity index (χ2v) is 9.46. The van der Waals surface area contributed by atoms with Crippen molar-refractivity contribution in [2.24, 2.45) is 0 Å². The summed E-state index contributed by atoms with van der Waals surface area (Å²) in [7, 11) is 0. The van der Waals surface area contributed by atoms with Crippen LogP contribution in [0.1, 0.15) is 50.4 Å². The van der Waals surface area contributed by atoms with E-state index in [4.69, 9.17) is 23.7 Å². The van der Waals surface area contributed by atoms with Crippen LogP contribution in [0.5, 0.6) is 23.0 Å². The molecule has 0 aliphatic carbocycles. The Balaban J connectivity index is 1.69. The topological polar surface area (TPSA) is 69.7 Å². The Morgan fingerprint density at radius 2 is 1.42 bits per heavy atom. The molecule has 0 bridgehead atoms. The highest BCUT2D eigenvalue weighted by molar-refractivity contribution is 5.79. The van der Waals surface area contributed by atoms with Gasteiger partial charge in [-0.1, -0.05) is 6.07 Å². The fourth-order valence-corrected chi connectivity index (χ4v) is 5.25. The molecule has 0 N–H and O–H groups in total. The molecule has 0 radical (unpaired) electrons. The smallest absolute Gasteiger partial charge is 0.237 e. The van der Waals surface area contributed by atoms with Crippen LogP contribution in [-0.2, 0) is 22.4 Å². The van der Waals surface area contributed by atoms with Crippen molar-refractivity contribution in [3.05, 3.63) is 47.0 Å². The van der Waals surface area contributed by atoms with E-state index >= 15 is 0 Å². The molecule has 8 nitrogen and oxygen atoms in total. The van der Waals surface area contributed by atoms with Crippen LogP contribution in [0.3, 0.4) is 0 Å². The maximum atomic E-state index is 13.7. The molecule has 208 valence electrons. The van der Waals surface area contributed by atoms with Gasteiger partial charge < -0.3 is 28.6 Å². The minimum atomic E-state index is -0.130. The Morgan fingerprint density at radius 1 is 0.816 bits per heavy atom. The third kappa shape index (κ3) is 6.72. The molecule has 2 aromatic rings. The number of ether oxygens (including phenoxy) is 5. The van der Waals surface area contributed by atoms with Gasteiger partial charge in [-0.05, 0) is 81.5 Å². The summed E-state index contributed by atoms with van der Waals surface area (Å²) >= 11 is 0. The van der Waals surface area contributed by atoms with Gasteiger partial charge in [0.05, 0.1) is 52.2 Å². The average Bonchev–Trinajstić information content (AvgIpc) is 2.92.